The molecule has 0 spiro atoms. The zero-order valence-corrected chi connectivity index (χ0v) is 12.4. The summed E-state index contributed by atoms with van der Waals surface area (Å²) in [5.74, 6) is 3.99. The third kappa shape index (κ3) is 2.72. The maximum absolute atomic E-state index is 5.90. The molecule has 0 radical (unpaired) electrons. The van der Waals surface area contributed by atoms with Gasteiger partial charge < -0.3 is 4.90 Å². The highest BCUT2D eigenvalue weighted by Gasteiger charge is 2.30. The maximum Gasteiger partial charge on any atom is 0.153 e. The molecule has 1 aliphatic heterocycles. The van der Waals surface area contributed by atoms with Crippen molar-refractivity contribution in [2.45, 2.75) is 37.5 Å². The standard InChI is InChI=1S/C14H17ClN6/c15-11-7-16-8-12(17-11)21-5-3-10(4-6-21)14-18-13(19-20-14)9-1-2-9/h7-10H,1-6H2,(H,18,19,20). The molecule has 1 saturated heterocycles. The van der Waals surface area contributed by atoms with Gasteiger partial charge in [-0.3, -0.25) is 10.1 Å². The van der Waals surface area contributed by atoms with Gasteiger partial charge in [-0.2, -0.15) is 5.10 Å². The number of nitrogens with one attached hydrogen (secondary N) is 1. The first kappa shape index (κ1) is 13.0. The first-order valence-electron chi connectivity index (χ1n) is 7.44. The molecule has 0 aromatic carbocycles. The molecule has 110 valence electrons. The molecule has 2 aromatic rings. The lowest BCUT2D eigenvalue weighted by Gasteiger charge is -2.31. The van der Waals surface area contributed by atoms with Crippen molar-refractivity contribution in [1.29, 1.82) is 0 Å². The first-order chi connectivity index (χ1) is 10.3. The number of aromatic nitrogens is 5. The van der Waals surface area contributed by atoms with Crippen LogP contribution in [0, 0.1) is 0 Å². The van der Waals surface area contributed by atoms with Crippen molar-refractivity contribution in [2.24, 2.45) is 0 Å². The van der Waals surface area contributed by atoms with E-state index in [9.17, 15) is 0 Å². The van der Waals surface area contributed by atoms with Crippen LogP contribution in [0.15, 0.2) is 12.4 Å². The molecule has 21 heavy (non-hydrogen) atoms. The normalized spacial score (nSPS) is 20.0. The number of hydrogen-bond acceptors (Lipinski definition) is 5. The summed E-state index contributed by atoms with van der Waals surface area (Å²) in [4.78, 5) is 15.3. The Hall–Kier alpha value is -1.69. The summed E-state index contributed by atoms with van der Waals surface area (Å²) in [5, 5.41) is 7.93. The molecule has 4 rings (SSSR count). The lowest BCUT2D eigenvalue weighted by molar-refractivity contribution is 0.484. The molecule has 1 aliphatic carbocycles. The summed E-state index contributed by atoms with van der Waals surface area (Å²) in [6.07, 6.45) is 7.91. The fourth-order valence-corrected chi connectivity index (χ4v) is 3.00. The molecular formula is C14H17ClN6. The van der Waals surface area contributed by atoms with E-state index in [0.29, 0.717) is 17.0 Å². The first-order valence-corrected chi connectivity index (χ1v) is 7.82. The van der Waals surface area contributed by atoms with Crippen molar-refractivity contribution in [1.82, 2.24) is 25.1 Å². The maximum atomic E-state index is 5.90. The van der Waals surface area contributed by atoms with Crippen LogP contribution >= 0.6 is 11.6 Å². The summed E-state index contributed by atoms with van der Waals surface area (Å²) in [5.41, 5.74) is 0. The van der Waals surface area contributed by atoms with Crippen LogP contribution in [-0.2, 0) is 0 Å². The number of halogens is 1. The fourth-order valence-electron chi connectivity index (χ4n) is 2.86. The third-order valence-electron chi connectivity index (χ3n) is 4.26. The van der Waals surface area contributed by atoms with E-state index in [-0.39, 0.29) is 0 Å². The van der Waals surface area contributed by atoms with Crippen LogP contribution in [0.1, 0.15) is 49.2 Å². The Kier molecular flexibility index (Phi) is 3.25. The van der Waals surface area contributed by atoms with E-state index in [4.69, 9.17) is 11.6 Å². The monoisotopic (exact) mass is 304 g/mol. The summed E-state index contributed by atoms with van der Waals surface area (Å²) in [6, 6.07) is 0. The molecule has 3 heterocycles. The number of H-pyrrole nitrogens is 1. The Balaban J connectivity index is 1.41. The van der Waals surface area contributed by atoms with E-state index < -0.39 is 0 Å². The minimum absolute atomic E-state index is 0.443. The lowest BCUT2D eigenvalue weighted by atomic mass is 9.96. The van der Waals surface area contributed by atoms with Gasteiger partial charge in [-0.05, 0) is 25.7 Å². The highest BCUT2D eigenvalue weighted by molar-refractivity contribution is 6.29. The fraction of sp³-hybridized carbons (Fsp3) is 0.571. The van der Waals surface area contributed by atoms with Gasteiger partial charge in [-0.15, -0.1) is 0 Å². The van der Waals surface area contributed by atoms with Crippen molar-refractivity contribution in [3.63, 3.8) is 0 Å². The number of nitrogens with zero attached hydrogens (tertiary/aromatic N) is 5. The second-order valence-electron chi connectivity index (χ2n) is 5.81. The van der Waals surface area contributed by atoms with Gasteiger partial charge in [0.1, 0.15) is 16.8 Å². The molecule has 2 aliphatic rings. The van der Waals surface area contributed by atoms with E-state index in [2.05, 4.69) is 30.0 Å². The topological polar surface area (TPSA) is 70.6 Å². The highest BCUT2D eigenvalue weighted by Crippen LogP contribution is 2.38. The van der Waals surface area contributed by atoms with E-state index in [1.165, 1.54) is 12.8 Å². The summed E-state index contributed by atoms with van der Waals surface area (Å²) in [6.45, 7) is 1.89. The zero-order valence-electron chi connectivity index (χ0n) is 11.7. The van der Waals surface area contributed by atoms with Crippen molar-refractivity contribution in [3.8, 4) is 0 Å². The molecule has 0 atom stereocenters. The predicted molar refractivity (Wildman–Crippen MR) is 79.6 cm³/mol. The minimum Gasteiger partial charge on any atom is -0.355 e. The number of rotatable bonds is 3. The molecule has 0 unspecified atom stereocenters. The molecular weight excluding hydrogens is 288 g/mol. The van der Waals surface area contributed by atoms with Crippen LogP contribution in [0.25, 0.3) is 0 Å². The molecule has 6 nitrogen and oxygen atoms in total. The third-order valence-corrected chi connectivity index (χ3v) is 4.44. The van der Waals surface area contributed by atoms with Crippen LogP contribution in [0.3, 0.4) is 0 Å². The van der Waals surface area contributed by atoms with Gasteiger partial charge in [0, 0.05) is 24.9 Å². The number of anilines is 1. The summed E-state index contributed by atoms with van der Waals surface area (Å²) >= 11 is 5.90. The molecule has 1 N–H and O–H groups in total. The van der Waals surface area contributed by atoms with Gasteiger partial charge in [0.05, 0.1) is 12.4 Å². The van der Waals surface area contributed by atoms with Crippen LogP contribution in [0.4, 0.5) is 5.82 Å². The number of aromatic amines is 1. The second kappa shape index (κ2) is 5.26. The van der Waals surface area contributed by atoms with Crippen molar-refractivity contribution in [2.75, 3.05) is 18.0 Å². The Bertz CT molecular complexity index is 630. The van der Waals surface area contributed by atoms with Gasteiger partial charge >= 0.3 is 0 Å². The minimum atomic E-state index is 0.443. The molecule has 2 aromatic heterocycles. The average Bonchev–Trinajstić information content (AvgIpc) is 3.25. The van der Waals surface area contributed by atoms with Crippen LogP contribution < -0.4 is 4.90 Å². The Labute approximate surface area is 128 Å². The van der Waals surface area contributed by atoms with E-state index >= 15 is 0 Å². The second-order valence-corrected chi connectivity index (χ2v) is 6.20. The Morgan fingerprint density at radius 3 is 2.57 bits per heavy atom. The Morgan fingerprint density at radius 1 is 1.05 bits per heavy atom. The highest BCUT2D eigenvalue weighted by atomic mass is 35.5. The lowest BCUT2D eigenvalue weighted by Crippen LogP contribution is -2.33. The predicted octanol–water partition coefficient (Wildman–Crippen LogP) is 2.51. The molecule has 7 heteroatoms. The zero-order chi connectivity index (χ0) is 14.2. The van der Waals surface area contributed by atoms with Crippen molar-refractivity contribution >= 4 is 17.4 Å². The molecule has 1 saturated carbocycles. The quantitative estimate of drug-likeness (QED) is 0.943. The van der Waals surface area contributed by atoms with Crippen LogP contribution in [0.5, 0.6) is 0 Å². The largest absolute Gasteiger partial charge is 0.355 e. The molecule has 0 amide bonds. The molecule has 0 bridgehead atoms. The smallest absolute Gasteiger partial charge is 0.153 e. The van der Waals surface area contributed by atoms with Crippen LogP contribution in [0.2, 0.25) is 5.15 Å². The SMILES string of the molecule is Clc1cncc(N2CCC(c3nc(C4CC4)n[nH]3)CC2)n1. The number of hydrogen-bond donors (Lipinski definition) is 1. The number of piperidine rings is 1. The average molecular weight is 305 g/mol. The van der Waals surface area contributed by atoms with Gasteiger partial charge in [0.25, 0.3) is 0 Å². The summed E-state index contributed by atoms with van der Waals surface area (Å²) < 4.78 is 0. The van der Waals surface area contributed by atoms with Crippen LogP contribution in [-0.4, -0.2) is 38.2 Å². The van der Waals surface area contributed by atoms with Gasteiger partial charge in [-0.25, -0.2) is 9.97 Å². The van der Waals surface area contributed by atoms with E-state index in [0.717, 1.165) is 43.4 Å². The van der Waals surface area contributed by atoms with Crippen molar-refractivity contribution < 1.29 is 0 Å². The van der Waals surface area contributed by atoms with Gasteiger partial charge in [0.2, 0.25) is 0 Å². The molecule has 2 fully saturated rings. The summed E-state index contributed by atoms with van der Waals surface area (Å²) in [7, 11) is 0. The van der Waals surface area contributed by atoms with E-state index in [1.807, 2.05) is 0 Å². The van der Waals surface area contributed by atoms with E-state index in [1.54, 1.807) is 12.4 Å². The van der Waals surface area contributed by atoms with Crippen molar-refractivity contribution in [3.05, 3.63) is 29.2 Å². The van der Waals surface area contributed by atoms with Gasteiger partial charge in [0.15, 0.2) is 5.82 Å². The Morgan fingerprint density at radius 2 is 1.86 bits per heavy atom. The van der Waals surface area contributed by atoms with Gasteiger partial charge in [-0.1, -0.05) is 11.6 Å².